The number of nitrogens with one attached hydrogen (secondary N) is 1. The SMILES string of the molecule is Br.CCCCCCCCCCCCCCOc1cc(CC(=O)Nc2ccc(CN3C=C(C)SC3)cc2)ccc1OC. The summed E-state index contributed by atoms with van der Waals surface area (Å²) in [6.07, 6.45) is 18.4. The first kappa shape index (κ1) is 35.1. The third kappa shape index (κ3) is 14.1. The van der Waals surface area contributed by atoms with Gasteiger partial charge in [0.2, 0.25) is 5.91 Å². The molecule has 1 aliphatic rings. The van der Waals surface area contributed by atoms with Crippen LogP contribution in [0.15, 0.2) is 53.6 Å². The Bertz CT molecular complexity index is 1040. The molecule has 0 saturated heterocycles. The molecule has 0 spiro atoms. The third-order valence-corrected chi connectivity index (χ3v) is 8.32. The largest absolute Gasteiger partial charge is 0.493 e. The van der Waals surface area contributed by atoms with Crippen molar-refractivity contribution in [2.75, 3.05) is 24.9 Å². The van der Waals surface area contributed by atoms with Crippen LogP contribution < -0.4 is 14.8 Å². The summed E-state index contributed by atoms with van der Waals surface area (Å²) in [7, 11) is 1.65. The van der Waals surface area contributed by atoms with Crippen LogP contribution in [0.5, 0.6) is 11.5 Å². The van der Waals surface area contributed by atoms with E-state index in [-0.39, 0.29) is 29.3 Å². The molecule has 0 aromatic heterocycles. The van der Waals surface area contributed by atoms with Crippen molar-refractivity contribution in [3.8, 4) is 11.5 Å². The summed E-state index contributed by atoms with van der Waals surface area (Å²) >= 11 is 1.87. The Kier molecular flexibility index (Phi) is 17.7. The average molecular weight is 648 g/mol. The van der Waals surface area contributed by atoms with Crippen LogP contribution in [-0.4, -0.2) is 30.4 Å². The molecule has 7 heteroatoms. The van der Waals surface area contributed by atoms with E-state index < -0.39 is 0 Å². The lowest BCUT2D eigenvalue weighted by molar-refractivity contribution is -0.115. The average Bonchev–Trinajstić information content (AvgIpc) is 3.36. The highest BCUT2D eigenvalue weighted by Gasteiger charge is 2.12. The van der Waals surface area contributed by atoms with Crippen molar-refractivity contribution in [1.29, 1.82) is 0 Å². The molecule has 41 heavy (non-hydrogen) atoms. The molecule has 1 amide bonds. The van der Waals surface area contributed by atoms with Gasteiger partial charge in [0.05, 0.1) is 26.0 Å². The number of unbranched alkanes of at least 4 members (excludes halogenated alkanes) is 11. The van der Waals surface area contributed by atoms with Gasteiger partial charge in [-0.05, 0) is 53.6 Å². The highest BCUT2D eigenvalue weighted by Crippen LogP contribution is 2.29. The fourth-order valence-corrected chi connectivity index (χ4v) is 5.75. The molecule has 0 radical (unpaired) electrons. The molecule has 2 aromatic rings. The van der Waals surface area contributed by atoms with Gasteiger partial charge in [-0.2, -0.15) is 0 Å². The van der Waals surface area contributed by atoms with Gasteiger partial charge in [0.15, 0.2) is 11.5 Å². The van der Waals surface area contributed by atoms with Gasteiger partial charge in [-0.3, -0.25) is 4.79 Å². The van der Waals surface area contributed by atoms with Crippen molar-refractivity contribution < 1.29 is 14.3 Å². The standard InChI is InChI=1S/C34H50N2O3S.BrH/c1-4-5-6-7-8-9-10-11-12-13-14-15-22-39-33-23-30(18-21-32(33)38-3)24-34(37)35-31-19-16-29(17-20-31)26-36-25-28(2)40-27-36;/h16-21,23,25H,4-15,22,24,26-27H2,1-3H3,(H,35,37);1H. The van der Waals surface area contributed by atoms with Gasteiger partial charge in [0, 0.05) is 18.4 Å². The summed E-state index contributed by atoms with van der Waals surface area (Å²) in [5.74, 6) is 2.38. The molecule has 2 aromatic carbocycles. The van der Waals surface area contributed by atoms with E-state index in [0.29, 0.717) is 18.1 Å². The van der Waals surface area contributed by atoms with Crippen molar-refractivity contribution >= 4 is 40.3 Å². The fraction of sp³-hybridized carbons (Fsp3) is 0.559. The zero-order chi connectivity index (χ0) is 28.4. The lowest BCUT2D eigenvalue weighted by Gasteiger charge is -2.15. The number of methoxy groups -OCH3 is 1. The topological polar surface area (TPSA) is 50.8 Å². The maximum atomic E-state index is 12.7. The Labute approximate surface area is 263 Å². The predicted octanol–water partition coefficient (Wildman–Crippen LogP) is 9.90. The van der Waals surface area contributed by atoms with Crippen molar-refractivity contribution in [3.63, 3.8) is 0 Å². The second kappa shape index (κ2) is 20.7. The quantitative estimate of drug-likeness (QED) is 0.145. The van der Waals surface area contributed by atoms with Crippen LogP contribution in [0.25, 0.3) is 0 Å². The van der Waals surface area contributed by atoms with E-state index in [0.717, 1.165) is 30.1 Å². The van der Waals surface area contributed by atoms with Crippen LogP contribution >= 0.6 is 28.7 Å². The first-order chi connectivity index (χ1) is 19.6. The Morgan fingerprint density at radius 3 is 2.05 bits per heavy atom. The number of allylic oxidation sites excluding steroid dienone is 1. The number of anilines is 1. The van der Waals surface area contributed by atoms with Crippen LogP contribution in [0.4, 0.5) is 5.69 Å². The first-order valence-corrected chi connectivity index (χ1v) is 16.3. The second-order valence-electron chi connectivity index (χ2n) is 10.9. The number of hydrogen-bond acceptors (Lipinski definition) is 5. The summed E-state index contributed by atoms with van der Waals surface area (Å²) in [4.78, 5) is 16.4. The third-order valence-electron chi connectivity index (χ3n) is 7.29. The number of hydrogen-bond donors (Lipinski definition) is 1. The summed E-state index contributed by atoms with van der Waals surface area (Å²) in [5.41, 5.74) is 2.95. The summed E-state index contributed by atoms with van der Waals surface area (Å²) in [6, 6.07) is 13.9. The van der Waals surface area contributed by atoms with Gasteiger partial charge in [0.1, 0.15) is 0 Å². The molecule has 1 aliphatic heterocycles. The highest BCUT2D eigenvalue weighted by molar-refractivity contribution is 8.93. The predicted molar refractivity (Wildman–Crippen MR) is 180 cm³/mol. The van der Waals surface area contributed by atoms with Crippen LogP contribution in [0.1, 0.15) is 102 Å². The maximum absolute atomic E-state index is 12.7. The van der Waals surface area contributed by atoms with Crippen LogP contribution in [0, 0.1) is 0 Å². The van der Waals surface area contributed by atoms with Gasteiger partial charge in [-0.25, -0.2) is 0 Å². The van der Waals surface area contributed by atoms with E-state index in [1.165, 1.54) is 81.1 Å². The molecular formula is C34H51BrN2O3S. The minimum atomic E-state index is -0.0423. The van der Waals surface area contributed by atoms with E-state index in [9.17, 15) is 4.79 Å². The van der Waals surface area contributed by atoms with E-state index >= 15 is 0 Å². The number of benzene rings is 2. The number of halogens is 1. The van der Waals surface area contributed by atoms with Gasteiger partial charge in [-0.1, -0.05) is 95.8 Å². The van der Waals surface area contributed by atoms with Gasteiger partial charge < -0.3 is 19.7 Å². The number of thioether (sulfide) groups is 1. The van der Waals surface area contributed by atoms with Gasteiger partial charge >= 0.3 is 0 Å². The second-order valence-corrected chi connectivity index (χ2v) is 12.1. The summed E-state index contributed by atoms with van der Waals surface area (Å²) in [5, 5.41) is 3.02. The smallest absolute Gasteiger partial charge is 0.228 e. The molecule has 0 aliphatic carbocycles. The minimum absolute atomic E-state index is 0. The zero-order valence-corrected chi connectivity index (χ0v) is 28.0. The highest BCUT2D eigenvalue weighted by atomic mass is 79.9. The maximum Gasteiger partial charge on any atom is 0.228 e. The Morgan fingerprint density at radius 1 is 0.854 bits per heavy atom. The summed E-state index contributed by atoms with van der Waals surface area (Å²) in [6.45, 7) is 5.96. The molecular weight excluding hydrogens is 596 g/mol. The summed E-state index contributed by atoms with van der Waals surface area (Å²) < 4.78 is 11.6. The number of carbonyl (C=O) groups is 1. The van der Waals surface area contributed by atoms with E-state index in [2.05, 4.69) is 42.4 Å². The van der Waals surface area contributed by atoms with Gasteiger partial charge in [0.25, 0.3) is 0 Å². The lowest BCUT2D eigenvalue weighted by atomic mass is 10.1. The van der Waals surface area contributed by atoms with E-state index in [1.807, 2.05) is 42.1 Å². The van der Waals surface area contributed by atoms with Crippen molar-refractivity contribution in [3.05, 3.63) is 64.7 Å². The Balaban J connectivity index is 0.00000588. The normalized spacial score (nSPS) is 12.6. The molecule has 0 bridgehead atoms. The molecule has 0 saturated carbocycles. The van der Waals surface area contributed by atoms with Crippen molar-refractivity contribution in [1.82, 2.24) is 4.90 Å². The molecule has 0 unspecified atom stereocenters. The van der Waals surface area contributed by atoms with E-state index in [4.69, 9.17) is 9.47 Å². The number of amides is 1. The van der Waals surface area contributed by atoms with Crippen molar-refractivity contribution in [2.45, 2.75) is 104 Å². The van der Waals surface area contributed by atoms with Crippen molar-refractivity contribution in [2.24, 2.45) is 0 Å². The molecule has 228 valence electrons. The first-order valence-electron chi connectivity index (χ1n) is 15.3. The zero-order valence-electron chi connectivity index (χ0n) is 25.4. The number of rotatable bonds is 20. The number of carbonyl (C=O) groups excluding carboxylic acids is 1. The number of nitrogens with zero attached hydrogens (tertiary/aromatic N) is 1. The molecule has 1 N–H and O–H groups in total. The van der Waals surface area contributed by atoms with E-state index in [1.54, 1.807) is 7.11 Å². The van der Waals surface area contributed by atoms with Crippen LogP contribution in [-0.2, 0) is 17.8 Å². The molecule has 1 heterocycles. The Morgan fingerprint density at radius 2 is 1.46 bits per heavy atom. The van der Waals surface area contributed by atoms with Gasteiger partial charge in [-0.15, -0.1) is 28.7 Å². The lowest BCUT2D eigenvalue weighted by Crippen LogP contribution is -2.15. The molecule has 5 nitrogen and oxygen atoms in total. The Hall–Kier alpha value is -2.12. The number of ether oxygens (including phenoxy) is 2. The monoisotopic (exact) mass is 646 g/mol. The molecule has 0 atom stereocenters. The van der Waals surface area contributed by atoms with Crippen LogP contribution in [0.2, 0.25) is 0 Å². The minimum Gasteiger partial charge on any atom is -0.493 e. The fourth-order valence-electron chi connectivity index (χ4n) is 5.00. The molecule has 0 fully saturated rings. The molecule has 3 rings (SSSR count). The van der Waals surface area contributed by atoms with Crippen LogP contribution in [0.3, 0.4) is 0 Å².